The molecule has 2 heterocycles. The number of aromatic nitrogens is 4. The fraction of sp³-hybridized carbons (Fsp3) is 0.0833. The molecule has 0 fully saturated rings. The molecule has 5 aromatic rings. The van der Waals surface area contributed by atoms with E-state index in [1.165, 1.54) is 31.6 Å². The van der Waals surface area contributed by atoms with Crippen molar-refractivity contribution in [1.29, 1.82) is 0 Å². The van der Waals surface area contributed by atoms with Gasteiger partial charge in [-0.05, 0) is 57.4 Å². The van der Waals surface area contributed by atoms with Crippen LogP contribution < -0.4 is 0 Å². The number of hydrogen-bond acceptors (Lipinski definition) is 6. The van der Waals surface area contributed by atoms with Crippen LogP contribution in [0.15, 0.2) is 63.7 Å². The van der Waals surface area contributed by atoms with E-state index in [4.69, 9.17) is 4.42 Å². The van der Waals surface area contributed by atoms with Crippen LogP contribution in [0.1, 0.15) is 10.4 Å². The van der Waals surface area contributed by atoms with Crippen molar-refractivity contribution < 1.29 is 22.7 Å². The Labute approximate surface area is 200 Å². The van der Waals surface area contributed by atoms with E-state index in [0.29, 0.717) is 21.4 Å². The van der Waals surface area contributed by atoms with E-state index in [-0.39, 0.29) is 22.6 Å². The summed E-state index contributed by atoms with van der Waals surface area (Å²) >= 11 is 3.30. The quantitative estimate of drug-likeness (QED) is 0.277. The van der Waals surface area contributed by atoms with Crippen molar-refractivity contribution in [2.45, 2.75) is 0 Å². The van der Waals surface area contributed by atoms with E-state index >= 15 is 0 Å². The Balaban J connectivity index is 1.64. The summed E-state index contributed by atoms with van der Waals surface area (Å²) in [4.78, 5) is 16.2. The summed E-state index contributed by atoms with van der Waals surface area (Å²) in [5, 5.41) is 7.99. The van der Waals surface area contributed by atoms with Gasteiger partial charge in [0.05, 0.1) is 17.1 Å². The number of fused-ring (bicyclic) bond motifs is 1. The van der Waals surface area contributed by atoms with Crippen LogP contribution in [0, 0.1) is 11.6 Å². The number of carbonyl (C=O) groups excluding carboxylic acids is 1. The van der Waals surface area contributed by atoms with Crippen molar-refractivity contribution in [2.75, 3.05) is 7.11 Å². The lowest BCUT2D eigenvalue weighted by atomic mass is 9.97. The molecule has 0 radical (unpaired) electrons. The molecule has 0 aliphatic carbocycles. The van der Waals surface area contributed by atoms with Crippen molar-refractivity contribution in [1.82, 2.24) is 19.7 Å². The van der Waals surface area contributed by atoms with E-state index < -0.39 is 17.6 Å². The maximum Gasteiger partial charge on any atom is 0.340 e. The lowest BCUT2D eigenvalue weighted by Crippen LogP contribution is -2.05. The summed E-state index contributed by atoms with van der Waals surface area (Å²) in [6.07, 6.45) is 1.54. The summed E-state index contributed by atoms with van der Waals surface area (Å²) in [5.41, 5.74) is 2.39. The summed E-state index contributed by atoms with van der Waals surface area (Å²) in [6, 6.07) is 12.9. The van der Waals surface area contributed by atoms with Crippen LogP contribution in [0.4, 0.5) is 8.78 Å². The molecule has 0 atom stereocenters. The van der Waals surface area contributed by atoms with Gasteiger partial charge in [-0.2, -0.15) is 0 Å². The van der Waals surface area contributed by atoms with Crippen molar-refractivity contribution in [2.24, 2.45) is 7.05 Å². The zero-order chi connectivity index (χ0) is 24.0. The van der Waals surface area contributed by atoms with Crippen LogP contribution in [0.3, 0.4) is 0 Å². The topological polar surface area (TPSA) is 83.0 Å². The predicted octanol–water partition coefficient (Wildman–Crippen LogP) is 5.78. The average molecular weight is 525 g/mol. The molecule has 0 amide bonds. The van der Waals surface area contributed by atoms with Crippen molar-refractivity contribution in [3.8, 4) is 34.0 Å². The van der Waals surface area contributed by atoms with E-state index in [9.17, 15) is 13.6 Å². The number of hydrogen-bond donors (Lipinski definition) is 0. The molecule has 0 N–H and O–H groups in total. The first kappa shape index (κ1) is 21.9. The summed E-state index contributed by atoms with van der Waals surface area (Å²) < 4.78 is 41.6. The summed E-state index contributed by atoms with van der Waals surface area (Å²) in [6.45, 7) is 0. The molecule has 7 nitrogen and oxygen atoms in total. The molecule has 34 heavy (non-hydrogen) atoms. The van der Waals surface area contributed by atoms with Gasteiger partial charge >= 0.3 is 5.97 Å². The number of rotatable bonds is 4. The third-order valence-electron chi connectivity index (χ3n) is 5.32. The predicted molar refractivity (Wildman–Crippen MR) is 124 cm³/mol. The van der Waals surface area contributed by atoms with Gasteiger partial charge in [-0.3, -0.25) is 0 Å². The van der Waals surface area contributed by atoms with Crippen molar-refractivity contribution in [3.05, 3.63) is 76.5 Å². The van der Waals surface area contributed by atoms with Gasteiger partial charge in [0.2, 0.25) is 5.89 Å². The number of halogens is 3. The smallest absolute Gasteiger partial charge is 0.340 e. The molecule has 5 rings (SSSR count). The first-order valence-corrected chi connectivity index (χ1v) is 10.8. The van der Waals surface area contributed by atoms with Crippen LogP contribution in [0.2, 0.25) is 0 Å². The lowest BCUT2D eigenvalue weighted by Gasteiger charge is -2.10. The number of ether oxygens (including phenoxy) is 1. The summed E-state index contributed by atoms with van der Waals surface area (Å²) in [7, 11) is 2.94. The second-order valence-corrected chi connectivity index (χ2v) is 8.30. The molecule has 0 aliphatic heterocycles. The second-order valence-electron chi connectivity index (χ2n) is 7.44. The molecular weight excluding hydrogens is 510 g/mol. The monoisotopic (exact) mass is 524 g/mol. The molecule has 0 bridgehead atoms. The molecule has 0 aliphatic rings. The fourth-order valence-electron chi connectivity index (χ4n) is 3.70. The molecule has 170 valence electrons. The highest BCUT2D eigenvalue weighted by Gasteiger charge is 2.23. The Morgan fingerprint density at radius 3 is 2.62 bits per heavy atom. The lowest BCUT2D eigenvalue weighted by molar-refractivity contribution is 0.0595. The van der Waals surface area contributed by atoms with Crippen LogP contribution in [0.25, 0.3) is 45.1 Å². The zero-order valence-corrected chi connectivity index (χ0v) is 19.4. The number of benzene rings is 3. The fourth-order valence-corrected chi connectivity index (χ4v) is 4.19. The highest BCUT2D eigenvalue weighted by Crippen LogP contribution is 2.36. The molecule has 0 unspecified atom stereocenters. The molecule has 0 saturated heterocycles. The molecular formula is C24H15BrF2N4O3. The van der Waals surface area contributed by atoms with Crippen LogP contribution in [-0.4, -0.2) is 32.8 Å². The maximum absolute atomic E-state index is 15.0. The highest BCUT2D eigenvalue weighted by molar-refractivity contribution is 9.10. The number of methoxy groups -OCH3 is 1. The van der Waals surface area contributed by atoms with Gasteiger partial charge in [0, 0.05) is 18.2 Å². The molecule has 2 aromatic heterocycles. The third-order valence-corrected chi connectivity index (χ3v) is 5.91. The van der Waals surface area contributed by atoms with Gasteiger partial charge < -0.3 is 13.7 Å². The standard InChI is InChI=1S/C24H15BrF2N4O3/c1-31-11-28-30-22(31)16-9-14(26)6-7-15(16)12-4-3-5-13(8-12)23-29-20-19(27)17(24(32)33-2)10-18(25)21(20)34-23/h3-11H,1-2H3. The summed E-state index contributed by atoms with van der Waals surface area (Å²) in [5.74, 6) is -1.40. The zero-order valence-electron chi connectivity index (χ0n) is 17.8. The van der Waals surface area contributed by atoms with Gasteiger partial charge in [-0.15, -0.1) is 10.2 Å². The first-order chi connectivity index (χ1) is 16.4. The van der Waals surface area contributed by atoms with E-state index in [0.717, 1.165) is 11.1 Å². The Morgan fingerprint density at radius 1 is 1.09 bits per heavy atom. The number of oxazole rings is 1. The van der Waals surface area contributed by atoms with Crippen molar-refractivity contribution in [3.63, 3.8) is 0 Å². The number of aryl methyl sites for hydroxylation is 1. The third kappa shape index (κ3) is 3.65. The SMILES string of the molecule is COC(=O)c1cc(Br)c2oc(-c3cccc(-c4ccc(F)cc4-c4nncn4C)c3)nc2c1F. The first-order valence-electron chi connectivity index (χ1n) is 9.99. The van der Waals surface area contributed by atoms with Gasteiger partial charge in [0.15, 0.2) is 17.2 Å². The van der Waals surface area contributed by atoms with Crippen LogP contribution in [0.5, 0.6) is 0 Å². The number of carbonyl (C=O) groups is 1. The number of nitrogens with zero attached hydrogens (tertiary/aromatic N) is 4. The minimum Gasteiger partial charge on any atom is -0.465 e. The van der Waals surface area contributed by atoms with Crippen LogP contribution >= 0.6 is 15.9 Å². The molecule has 0 saturated carbocycles. The minimum atomic E-state index is -0.834. The second kappa shape index (κ2) is 8.45. The Hall–Kier alpha value is -3.92. The normalized spacial score (nSPS) is 11.2. The van der Waals surface area contributed by atoms with Gasteiger partial charge in [-0.25, -0.2) is 18.6 Å². The van der Waals surface area contributed by atoms with E-state index in [1.807, 2.05) is 6.07 Å². The van der Waals surface area contributed by atoms with Gasteiger partial charge in [0.25, 0.3) is 0 Å². The van der Waals surface area contributed by atoms with Crippen molar-refractivity contribution >= 4 is 33.0 Å². The molecule has 10 heteroatoms. The largest absolute Gasteiger partial charge is 0.465 e. The number of esters is 1. The molecule has 3 aromatic carbocycles. The minimum absolute atomic E-state index is 0.100. The highest BCUT2D eigenvalue weighted by atomic mass is 79.9. The van der Waals surface area contributed by atoms with E-state index in [2.05, 4.69) is 35.8 Å². The average Bonchev–Trinajstić information content (AvgIpc) is 3.48. The Kier molecular flexibility index (Phi) is 5.45. The molecule has 0 spiro atoms. The van der Waals surface area contributed by atoms with E-state index in [1.54, 1.807) is 35.9 Å². The Bertz CT molecular complexity index is 1580. The maximum atomic E-state index is 15.0. The van der Waals surface area contributed by atoms with Gasteiger partial charge in [-0.1, -0.05) is 18.2 Å². The van der Waals surface area contributed by atoms with Gasteiger partial charge in [0.1, 0.15) is 17.7 Å². The Morgan fingerprint density at radius 2 is 1.88 bits per heavy atom. The van der Waals surface area contributed by atoms with Crippen LogP contribution in [-0.2, 0) is 11.8 Å².